The molecular weight excluding hydrogens is 262 g/mol. The number of carbonyl (C=O) groups excluding carboxylic acids is 1. The van der Waals surface area contributed by atoms with E-state index in [-0.39, 0.29) is 25.0 Å². The summed E-state index contributed by atoms with van der Waals surface area (Å²) in [6.07, 6.45) is 1.61. The zero-order chi connectivity index (χ0) is 14.7. The number of hydrogen-bond acceptors (Lipinski definition) is 4. The molecule has 20 heavy (non-hydrogen) atoms. The molecule has 2 rings (SSSR count). The van der Waals surface area contributed by atoms with Gasteiger partial charge in [0.15, 0.2) is 5.82 Å². The van der Waals surface area contributed by atoms with Crippen LogP contribution in [0.1, 0.15) is 19.7 Å². The van der Waals surface area contributed by atoms with E-state index < -0.39 is 11.9 Å². The Morgan fingerprint density at radius 1 is 1.50 bits per heavy atom. The maximum absolute atomic E-state index is 12.0. The molecule has 1 aromatic heterocycles. The molecule has 2 N–H and O–H groups in total. The van der Waals surface area contributed by atoms with Crippen molar-refractivity contribution >= 4 is 12.0 Å². The first-order chi connectivity index (χ1) is 9.52. The Bertz CT molecular complexity index is 501. The number of aliphatic carboxylic acids is 1. The average Bonchev–Trinajstić information content (AvgIpc) is 3.01. The van der Waals surface area contributed by atoms with Gasteiger partial charge in [-0.25, -0.2) is 4.79 Å². The first-order valence-electron chi connectivity index (χ1n) is 6.65. The molecule has 0 bridgehead atoms. The number of carboxylic acids is 1. The molecule has 0 aromatic carbocycles. The Kier molecular flexibility index (Phi) is 4.21. The highest BCUT2D eigenvalue weighted by Crippen LogP contribution is 2.22. The monoisotopic (exact) mass is 281 g/mol. The predicted molar refractivity (Wildman–Crippen MR) is 69.8 cm³/mol. The second-order valence-corrected chi connectivity index (χ2v) is 5.02. The molecule has 0 spiro atoms. The number of rotatable bonds is 4. The van der Waals surface area contributed by atoms with Crippen LogP contribution < -0.4 is 5.32 Å². The van der Waals surface area contributed by atoms with E-state index in [0.29, 0.717) is 12.4 Å². The second kappa shape index (κ2) is 5.89. The maximum Gasteiger partial charge on any atom is 0.317 e. The molecule has 1 aliphatic rings. The van der Waals surface area contributed by atoms with Crippen LogP contribution in [0.5, 0.6) is 0 Å². The van der Waals surface area contributed by atoms with Crippen molar-refractivity contribution in [3.8, 4) is 0 Å². The molecule has 0 aliphatic carbocycles. The van der Waals surface area contributed by atoms with E-state index >= 15 is 0 Å². The molecular formula is C12H19N5O3. The van der Waals surface area contributed by atoms with Crippen LogP contribution in [0.3, 0.4) is 0 Å². The fourth-order valence-electron chi connectivity index (χ4n) is 2.40. The summed E-state index contributed by atoms with van der Waals surface area (Å²) in [4.78, 5) is 24.6. The van der Waals surface area contributed by atoms with Crippen molar-refractivity contribution < 1.29 is 14.7 Å². The van der Waals surface area contributed by atoms with Gasteiger partial charge in [-0.1, -0.05) is 6.92 Å². The van der Waals surface area contributed by atoms with Crippen molar-refractivity contribution in [1.29, 1.82) is 0 Å². The molecule has 1 aromatic rings. The Balaban J connectivity index is 1.89. The fourth-order valence-corrected chi connectivity index (χ4v) is 2.40. The molecule has 0 radical (unpaired) electrons. The molecule has 8 nitrogen and oxygen atoms in total. The molecule has 0 saturated carbocycles. The third kappa shape index (κ3) is 2.89. The van der Waals surface area contributed by atoms with Crippen LogP contribution in [-0.4, -0.2) is 49.9 Å². The van der Waals surface area contributed by atoms with Crippen LogP contribution in [0.2, 0.25) is 0 Å². The number of nitrogens with zero attached hydrogens (tertiary/aromatic N) is 4. The van der Waals surface area contributed by atoms with Gasteiger partial charge < -0.3 is 19.9 Å². The van der Waals surface area contributed by atoms with E-state index in [4.69, 9.17) is 5.11 Å². The smallest absolute Gasteiger partial charge is 0.317 e. The summed E-state index contributed by atoms with van der Waals surface area (Å²) in [5.41, 5.74) is 0. The van der Waals surface area contributed by atoms with E-state index in [0.717, 1.165) is 6.54 Å². The fraction of sp³-hybridized carbons (Fsp3) is 0.667. The minimum absolute atomic E-state index is 0.0301. The molecule has 110 valence electrons. The highest BCUT2D eigenvalue weighted by molar-refractivity contribution is 5.77. The third-order valence-electron chi connectivity index (χ3n) is 3.65. The summed E-state index contributed by atoms with van der Waals surface area (Å²) in [5, 5.41) is 19.5. The molecule has 1 aliphatic heterocycles. The molecule has 2 unspecified atom stereocenters. The number of aryl methyl sites for hydroxylation is 1. The quantitative estimate of drug-likeness (QED) is 0.818. The summed E-state index contributed by atoms with van der Waals surface area (Å²) in [5.74, 6) is -0.681. The van der Waals surface area contributed by atoms with Crippen molar-refractivity contribution in [3.05, 3.63) is 12.2 Å². The molecule has 2 atom stereocenters. The van der Waals surface area contributed by atoms with E-state index in [9.17, 15) is 9.59 Å². The Morgan fingerprint density at radius 2 is 2.25 bits per heavy atom. The van der Waals surface area contributed by atoms with Crippen LogP contribution in [0, 0.1) is 11.8 Å². The van der Waals surface area contributed by atoms with Gasteiger partial charge in [0, 0.05) is 19.6 Å². The van der Waals surface area contributed by atoms with Gasteiger partial charge in [-0.15, -0.1) is 10.2 Å². The van der Waals surface area contributed by atoms with E-state index in [1.165, 1.54) is 4.90 Å². The number of nitrogens with one attached hydrogen (secondary N) is 1. The van der Waals surface area contributed by atoms with Crippen molar-refractivity contribution in [1.82, 2.24) is 25.0 Å². The summed E-state index contributed by atoms with van der Waals surface area (Å²) in [6.45, 7) is 5.55. The Morgan fingerprint density at radius 3 is 2.85 bits per heavy atom. The number of aromatic nitrogens is 3. The molecule has 1 saturated heterocycles. The zero-order valence-corrected chi connectivity index (χ0v) is 11.6. The average molecular weight is 281 g/mol. The van der Waals surface area contributed by atoms with Crippen LogP contribution in [0.15, 0.2) is 6.33 Å². The van der Waals surface area contributed by atoms with E-state index in [1.54, 1.807) is 6.33 Å². The first kappa shape index (κ1) is 14.3. The number of amides is 2. The maximum atomic E-state index is 12.0. The summed E-state index contributed by atoms with van der Waals surface area (Å²) < 4.78 is 1.84. The van der Waals surface area contributed by atoms with Gasteiger partial charge >= 0.3 is 12.0 Å². The molecule has 2 heterocycles. The van der Waals surface area contributed by atoms with Crippen molar-refractivity contribution in [2.24, 2.45) is 11.8 Å². The summed E-state index contributed by atoms with van der Waals surface area (Å²) in [7, 11) is 0. The molecule has 8 heteroatoms. The lowest BCUT2D eigenvalue weighted by Gasteiger charge is -2.16. The van der Waals surface area contributed by atoms with Crippen molar-refractivity contribution in [3.63, 3.8) is 0 Å². The Hall–Kier alpha value is -2.12. The standard InChI is InChI=1S/C12H19N5O3/c1-3-16-7-14-15-10(16)4-13-12(20)17-5-8(2)9(6-17)11(18)19/h7-9H,3-6H2,1-2H3,(H,13,20)(H,18,19). The SMILES string of the molecule is CCn1cnnc1CNC(=O)N1CC(C)C(C(=O)O)C1. The van der Waals surface area contributed by atoms with Gasteiger partial charge in [-0.05, 0) is 12.8 Å². The zero-order valence-electron chi connectivity index (χ0n) is 11.6. The lowest BCUT2D eigenvalue weighted by atomic mass is 9.99. The van der Waals surface area contributed by atoms with Crippen LogP contribution >= 0.6 is 0 Å². The molecule has 2 amide bonds. The lowest BCUT2D eigenvalue weighted by Crippen LogP contribution is -2.39. The Labute approximate surface area is 116 Å². The van der Waals surface area contributed by atoms with Crippen LogP contribution in [-0.2, 0) is 17.9 Å². The third-order valence-corrected chi connectivity index (χ3v) is 3.65. The van der Waals surface area contributed by atoms with Crippen LogP contribution in [0.4, 0.5) is 4.79 Å². The number of likely N-dealkylation sites (tertiary alicyclic amines) is 1. The number of hydrogen-bond donors (Lipinski definition) is 2. The van der Waals surface area contributed by atoms with E-state index in [2.05, 4.69) is 15.5 Å². The van der Waals surface area contributed by atoms with Gasteiger partial charge in [0.05, 0.1) is 12.5 Å². The lowest BCUT2D eigenvalue weighted by molar-refractivity contribution is -0.142. The van der Waals surface area contributed by atoms with Gasteiger partial charge in [0.2, 0.25) is 0 Å². The number of carbonyl (C=O) groups is 2. The van der Waals surface area contributed by atoms with Gasteiger partial charge in [-0.2, -0.15) is 0 Å². The van der Waals surface area contributed by atoms with Gasteiger partial charge in [0.1, 0.15) is 6.33 Å². The summed E-state index contributed by atoms with van der Waals surface area (Å²) >= 11 is 0. The summed E-state index contributed by atoms with van der Waals surface area (Å²) in [6, 6.07) is -0.258. The topological polar surface area (TPSA) is 100 Å². The second-order valence-electron chi connectivity index (χ2n) is 5.02. The van der Waals surface area contributed by atoms with Crippen molar-refractivity contribution in [2.45, 2.75) is 26.9 Å². The van der Waals surface area contributed by atoms with Crippen molar-refractivity contribution in [2.75, 3.05) is 13.1 Å². The number of carboxylic acid groups (broad SMARTS) is 1. The van der Waals surface area contributed by atoms with E-state index in [1.807, 2.05) is 18.4 Å². The van der Waals surface area contributed by atoms with Crippen LogP contribution in [0.25, 0.3) is 0 Å². The first-order valence-corrected chi connectivity index (χ1v) is 6.65. The number of urea groups is 1. The molecule has 1 fully saturated rings. The predicted octanol–water partition coefficient (Wildman–Crippen LogP) is 0.160. The minimum atomic E-state index is -0.849. The normalized spacial score (nSPS) is 22.0. The van der Waals surface area contributed by atoms with Gasteiger partial charge in [0.25, 0.3) is 0 Å². The minimum Gasteiger partial charge on any atom is -0.481 e. The van der Waals surface area contributed by atoms with Gasteiger partial charge in [-0.3, -0.25) is 4.79 Å². The highest BCUT2D eigenvalue weighted by Gasteiger charge is 2.36. The highest BCUT2D eigenvalue weighted by atomic mass is 16.4. The largest absolute Gasteiger partial charge is 0.481 e.